The third-order valence-electron chi connectivity index (χ3n) is 2.76. The Labute approximate surface area is 85.9 Å². The predicted molar refractivity (Wildman–Crippen MR) is 49.7 cm³/mol. The Kier molecular flexibility index (Phi) is 2.17. The van der Waals surface area contributed by atoms with Crippen molar-refractivity contribution in [2.75, 3.05) is 0 Å². The van der Waals surface area contributed by atoms with Gasteiger partial charge in [-0.05, 0) is 36.0 Å². The van der Waals surface area contributed by atoms with Crippen LogP contribution in [-0.2, 0) is 5.41 Å². The second kappa shape index (κ2) is 3.15. The first-order valence-corrected chi connectivity index (χ1v) is 4.75. The van der Waals surface area contributed by atoms with Crippen LogP contribution in [0, 0.1) is 0 Å². The van der Waals surface area contributed by atoms with Gasteiger partial charge in [-0.2, -0.15) is 0 Å². The molecule has 1 fully saturated rings. The number of rotatable bonds is 2. The van der Waals surface area contributed by atoms with E-state index in [-0.39, 0.29) is 11.2 Å². The van der Waals surface area contributed by atoms with Gasteiger partial charge >= 0.3 is 6.36 Å². The predicted octanol–water partition coefficient (Wildman–Crippen LogP) is 3.64. The van der Waals surface area contributed by atoms with Gasteiger partial charge in [0.1, 0.15) is 5.75 Å². The van der Waals surface area contributed by atoms with Crippen LogP contribution in [0.4, 0.5) is 13.2 Å². The van der Waals surface area contributed by atoms with Gasteiger partial charge < -0.3 is 4.74 Å². The number of ether oxygens (including phenoxy) is 1. The summed E-state index contributed by atoms with van der Waals surface area (Å²) >= 11 is 0. The molecule has 0 unspecified atom stereocenters. The second-order valence-electron chi connectivity index (χ2n) is 4.14. The fourth-order valence-electron chi connectivity index (χ4n) is 1.54. The van der Waals surface area contributed by atoms with Crippen LogP contribution >= 0.6 is 0 Å². The molecule has 0 aliphatic heterocycles. The molecular weight excluding hydrogens is 205 g/mol. The Hall–Kier alpha value is -1.19. The maximum Gasteiger partial charge on any atom is 0.573 e. The van der Waals surface area contributed by atoms with Crippen molar-refractivity contribution < 1.29 is 17.9 Å². The van der Waals surface area contributed by atoms with E-state index in [9.17, 15) is 13.2 Å². The van der Waals surface area contributed by atoms with E-state index in [1.165, 1.54) is 12.1 Å². The smallest absolute Gasteiger partial charge is 0.406 e. The van der Waals surface area contributed by atoms with E-state index in [1.807, 2.05) is 13.0 Å². The number of hydrogen-bond acceptors (Lipinski definition) is 1. The van der Waals surface area contributed by atoms with Gasteiger partial charge in [0.05, 0.1) is 0 Å². The first kappa shape index (κ1) is 10.3. The number of alkyl halides is 3. The fraction of sp³-hybridized carbons (Fsp3) is 0.455. The Morgan fingerprint density at radius 2 is 1.93 bits per heavy atom. The minimum absolute atomic E-state index is 0.0605. The zero-order valence-corrected chi connectivity index (χ0v) is 8.27. The summed E-state index contributed by atoms with van der Waals surface area (Å²) in [5, 5.41) is 0. The SMILES string of the molecule is CC1(c2cccc(OC(F)(F)F)c2)CC1. The standard InChI is InChI=1S/C11H11F3O/c1-10(5-6-10)8-3-2-4-9(7-8)15-11(12,13)14/h2-4,7H,5-6H2,1H3. The minimum atomic E-state index is -4.61. The minimum Gasteiger partial charge on any atom is -0.406 e. The summed E-state index contributed by atoms with van der Waals surface area (Å²) in [5.41, 5.74) is 0.981. The van der Waals surface area contributed by atoms with Crippen molar-refractivity contribution in [3.05, 3.63) is 29.8 Å². The molecule has 0 amide bonds. The molecule has 1 saturated carbocycles. The summed E-state index contributed by atoms with van der Waals surface area (Å²) in [6, 6.07) is 6.24. The number of benzene rings is 1. The Morgan fingerprint density at radius 3 is 2.47 bits per heavy atom. The van der Waals surface area contributed by atoms with E-state index in [1.54, 1.807) is 6.07 Å². The molecule has 0 N–H and O–H groups in total. The third-order valence-corrected chi connectivity index (χ3v) is 2.76. The quantitative estimate of drug-likeness (QED) is 0.733. The molecule has 0 atom stereocenters. The van der Waals surface area contributed by atoms with E-state index in [2.05, 4.69) is 4.74 Å². The highest BCUT2D eigenvalue weighted by Gasteiger charge is 2.39. The summed E-state index contributed by atoms with van der Waals surface area (Å²) in [4.78, 5) is 0. The van der Waals surface area contributed by atoms with Gasteiger partial charge in [-0.25, -0.2) is 0 Å². The van der Waals surface area contributed by atoms with Gasteiger partial charge in [-0.3, -0.25) is 0 Å². The lowest BCUT2D eigenvalue weighted by molar-refractivity contribution is -0.274. The average Bonchev–Trinajstić information content (AvgIpc) is 2.82. The summed E-state index contributed by atoms with van der Waals surface area (Å²) in [6.07, 6.45) is -2.55. The van der Waals surface area contributed by atoms with Crippen LogP contribution < -0.4 is 4.74 Å². The first-order valence-electron chi connectivity index (χ1n) is 4.75. The van der Waals surface area contributed by atoms with Crippen molar-refractivity contribution in [3.8, 4) is 5.75 Å². The Bertz CT molecular complexity index is 366. The average molecular weight is 216 g/mol. The molecule has 4 heteroatoms. The lowest BCUT2D eigenvalue weighted by Crippen LogP contribution is -2.17. The summed E-state index contributed by atoms with van der Waals surface area (Å²) in [6.45, 7) is 2.04. The molecule has 0 aromatic heterocycles. The van der Waals surface area contributed by atoms with Gasteiger partial charge in [0.15, 0.2) is 0 Å². The van der Waals surface area contributed by atoms with Crippen molar-refractivity contribution in [2.45, 2.75) is 31.5 Å². The molecule has 2 rings (SSSR count). The molecule has 0 saturated heterocycles. The van der Waals surface area contributed by atoms with Crippen molar-refractivity contribution in [1.29, 1.82) is 0 Å². The maximum absolute atomic E-state index is 12.0. The van der Waals surface area contributed by atoms with E-state index < -0.39 is 6.36 Å². The monoisotopic (exact) mass is 216 g/mol. The fourth-order valence-corrected chi connectivity index (χ4v) is 1.54. The maximum atomic E-state index is 12.0. The normalized spacial score (nSPS) is 18.7. The van der Waals surface area contributed by atoms with Gasteiger partial charge in [0.2, 0.25) is 0 Å². The molecule has 1 aliphatic carbocycles. The first-order chi connectivity index (χ1) is 6.89. The van der Waals surface area contributed by atoms with Crippen molar-refractivity contribution >= 4 is 0 Å². The molecule has 1 aliphatic rings. The van der Waals surface area contributed by atoms with Crippen LogP contribution in [0.2, 0.25) is 0 Å². The summed E-state index contributed by atoms with van der Waals surface area (Å²) in [5.74, 6) is -0.131. The van der Waals surface area contributed by atoms with E-state index in [0.717, 1.165) is 18.4 Å². The highest BCUT2D eigenvalue weighted by molar-refractivity contribution is 5.36. The van der Waals surface area contributed by atoms with E-state index in [0.29, 0.717) is 0 Å². The molecule has 15 heavy (non-hydrogen) atoms. The Balaban J connectivity index is 2.20. The summed E-state index contributed by atoms with van der Waals surface area (Å²) < 4.78 is 39.8. The third kappa shape index (κ3) is 2.43. The van der Waals surface area contributed by atoms with Crippen LogP contribution in [0.3, 0.4) is 0 Å². The lowest BCUT2D eigenvalue weighted by atomic mass is 9.98. The zero-order valence-electron chi connectivity index (χ0n) is 8.27. The largest absolute Gasteiger partial charge is 0.573 e. The molecular formula is C11H11F3O. The van der Waals surface area contributed by atoms with Crippen LogP contribution in [0.1, 0.15) is 25.3 Å². The Morgan fingerprint density at radius 1 is 1.27 bits per heavy atom. The van der Waals surface area contributed by atoms with Gasteiger partial charge in [0, 0.05) is 0 Å². The van der Waals surface area contributed by atoms with Crippen LogP contribution in [-0.4, -0.2) is 6.36 Å². The number of halogens is 3. The van der Waals surface area contributed by atoms with Gasteiger partial charge in [-0.1, -0.05) is 19.1 Å². The highest BCUT2D eigenvalue weighted by atomic mass is 19.4. The zero-order chi connectivity index (χ0) is 11.1. The van der Waals surface area contributed by atoms with Crippen molar-refractivity contribution in [2.24, 2.45) is 0 Å². The van der Waals surface area contributed by atoms with Gasteiger partial charge in [0.25, 0.3) is 0 Å². The molecule has 1 aromatic carbocycles. The van der Waals surface area contributed by atoms with Crippen LogP contribution in [0.15, 0.2) is 24.3 Å². The highest BCUT2D eigenvalue weighted by Crippen LogP contribution is 2.48. The van der Waals surface area contributed by atoms with E-state index >= 15 is 0 Å². The van der Waals surface area contributed by atoms with E-state index in [4.69, 9.17) is 0 Å². The molecule has 82 valence electrons. The molecule has 1 aromatic rings. The lowest BCUT2D eigenvalue weighted by Gasteiger charge is -2.12. The number of hydrogen-bond donors (Lipinski definition) is 0. The van der Waals surface area contributed by atoms with Crippen LogP contribution in [0.25, 0.3) is 0 Å². The topological polar surface area (TPSA) is 9.23 Å². The second-order valence-corrected chi connectivity index (χ2v) is 4.14. The van der Waals surface area contributed by atoms with Gasteiger partial charge in [-0.15, -0.1) is 13.2 Å². The molecule has 0 heterocycles. The molecule has 0 spiro atoms. The summed E-state index contributed by atoms with van der Waals surface area (Å²) in [7, 11) is 0. The molecule has 1 nitrogen and oxygen atoms in total. The van der Waals surface area contributed by atoms with Crippen LogP contribution in [0.5, 0.6) is 5.75 Å². The molecule has 0 bridgehead atoms. The van der Waals surface area contributed by atoms with Crippen molar-refractivity contribution in [3.63, 3.8) is 0 Å². The van der Waals surface area contributed by atoms with Crippen molar-refractivity contribution in [1.82, 2.24) is 0 Å². The molecule has 0 radical (unpaired) electrons.